The van der Waals surface area contributed by atoms with Crippen molar-refractivity contribution in [3.05, 3.63) is 70.3 Å². The zero-order valence-electron chi connectivity index (χ0n) is 25.0. The van der Waals surface area contributed by atoms with Crippen molar-refractivity contribution in [3.8, 4) is 0 Å². The second kappa shape index (κ2) is 15.9. The van der Waals surface area contributed by atoms with Gasteiger partial charge in [-0.05, 0) is 29.8 Å². The van der Waals surface area contributed by atoms with Gasteiger partial charge in [-0.15, -0.1) is 0 Å². The van der Waals surface area contributed by atoms with Crippen LogP contribution in [-0.2, 0) is 28.0 Å². The van der Waals surface area contributed by atoms with E-state index in [1.165, 1.54) is 35.0 Å². The summed E-state index contributed by atoms with van der Waals surface area (Å²) >= 11 is 0. The monoisotopic (exact) mass is 646 g/mol. The highest BCUT2D eigenvalue weighted by Crippen LogP contribution is 2.40. The zero-order valence-corrected chi connectivity index (χ0v) is 25.0. The Morgan fingerprint density at radius 1 is 0.636 bits per heavy atom. The molecule has 2 fully saturated rings. The smallest absolute Gasteiger partial charge is 0.416 e. The van der Waals surface area contributed by atoms with E-state index in [0.717, 1.165) is 6.07 Å². The molecule has 2 heterocycles. The van der Waals surface area contributed by atoms with Crippen molar-refractivity contribution in [1.82, 2.24) is 9.80 Å². The van der Waals surface area contributed by atoms with Crippen LogP contribution in [0.15, 0.2) is 42.5 Å². The lowest BCUT2D eigenvalue weighted by Crippen LogP contribution is -2.36. The molecule has 0 bridgehead atoms. The molecule has 2 aliphatic heterocycles. The molecule has 2 saturated heterocycles. The molecule has 2 aromatic rings. The molecule has 2 atom stereocenters. The van der Waals surface area contributed by atoms with E-state index in [4.69, 9.17) is 9.47 Å². The van der Waals surface area contributed by atoms with Crippen molar-refractivity contribution >= 4 is 12.2 Å². The summed E-state index contributed by atoms with van der Waals surface area (Å²) < 4.78 is 125. The van der Waals surface area contributed by atoms with Gasteiger partial charge in [0, 0.05) is 45.6 Å². The summed E-state index contributed by atoms with van der Waals surface area (Å²) in [5, 5.41) is 0. The molecule has 0 N–H and O–H groups in total. The van der Waals surface area contributed by atoms with E-state index in [9.17, 15) is 49.1 Å². The van der Waals surface area contributed by atoms with Crippen molar-refractivity contribution < 1.29 is 58.6 Å². The van der Waals surface area contributed by atoms with Crippen LogP contribution in [0.25, 0.3) is 0 Å². The number of nitrogens with zero attached hydrogens (tertiary/aromatic N) is 2. The highest BCUT2D eigenvalue weighted by Gasteiger charge is 2.39. The zero-order chi connectivity index (χ0) is 34.0. The van der Waals surface area contributed by atoms with Crippen molar-refractivity contribution in [2.24, 2.45) is 0 Å². The minimum atomic E-state index is -4.93. The SMILES string of the molecule is CC.CC.CN1CCC(c2cc(C(F)(F)F)cc(C(F)(F)F)c2)OC1=O.CN1CCC(c2ccccc2C(F)(F)F)OC1=O. The first-order chi connectivity index (χ1) is 20.4. The minimum Gasteiger partial charge on any atom is -0.441 e. The van der Waals surface area contributed by atoms with Crippen LogP contribution in [0.5, 0.6) is 0 Å². The number of carbonyl (C=O) groups excluding carboxylic acids is 2. The largest absolute Gasteiger partial charge is 0.441 e. The number of alkyl halides is 9. The van der Waals surface area contributed by atoms with Crippen molar-refractivity contribution in [2.75, 3.05) is 27.2 Å². The van der Waals surface area contributed by atoms with Gasteiger partial charge in [0.1, 0.15) is 12.2 Å². The van der Waals surface area contributed by atoms with Gasteiger partial charge >= 0.3 is 30.7 Å². The normalized spacial score (nSPS) is 18.8. The quantitative estimate of drug-likeness (QED) is 0.305. The number of carbonyl (C=O) groups is 2. The van der Waals surface area contributed by atoms with Gasteiger partial charge in [-0.3, -0.25) is 0 Å². The third kappa shape index (κ3) is 10.5. The van der Waals surface area contributed by atoms with Gasteiger partial charge in [-0.2, -0.15) is 39.5 Å². The Morgan fingerprint density at radius 2 is 1.05 bits per heavy atom. The summed E-state index contributed by atoms with van der Waals surface area (Å²) in [7, 11) is 2.97. The van der Waals surface area contributed by atoms with Crippen LogP contribution in [0.3, 0.4) is 0 Å². The Labute approximate surface area is 249 Å². The van der Waals surface area contributed by atoms with Gasteiger partial charge in [-0.25, -0.2) is 9.59 Å². The molecule has 44 heavy (non-hydrogen) atoms. The molecular weight excluding hydrogens is 611 g/mol. The Balaban J connectivity index is 0.000000401. The first-order valence-electron chi connectivity index (χ1n) is 13.7. The average molecular weight is 647 g/mol. The second-order valence-electron chi connectivity index (χ2n) is 9.09. The fourth-order valence-corrected chi connectivity index (χ4v) is 4.00. The molecule has 0 radical (unpaired) electrons. The minimum absolute atomic E-state index is 0.0199. The standard InChI is InChI=1S/C13H11F6NO2.C12H12F3NO2.2C2H6/c1-20-3-2-10(22-11(20)21)7-4-8(12(14,15)16)6-9(5-7)13(17,18)19;1-16-7-6-10(18-11(16)17)8-4-2-3-5-9(8)12(13,14)15;2*1-2/h4-6,10H,2-3H2,1H3;2-5,10H,6-7H2,1H3;2*1-2H3. The van der Waals surface area contributed by atoms with Gasteiger partial charge in [0.05, 0.1) is 16.7 Å². The number of hydrogen-bond donors (Lipinski definition) is 0. The number of amides is 2. The van der Waals surface area contributed by atoms with Crippen LogP contribution in [0.2, 0.25) is 0 Å². The second-order valence-corrected chi connectivity index (χ2v) is 9.09. The van der Waals surface area contributed by atoms with Crippen LogP contribution in [0.4, 0.5) is 49.1 Å². The molecule has 2 unspecified atom stereocenters. The van der Waals surface area contributed by atoms with Crippen LogP contribution < -0.4 is 0 Å². The van der Waals surface area contributed by atoms with Crippen LogP contribution in [-0.4, -0.2) is 49.2 Å². The first-order valence-corrected chi connectivity index (χ1v) is 13.7. The van der Waals surface area contributed by atoms with Crippen molar-refractivity contribution in [2.45, 2.75) is 71.3 Å². The van der Waals surface area contributed by atoms with E-state index in [2.05, 4.69) is 0 Å². The summed E-state index contributed by atoms with van der Waals surface area (Å²) in [6.45, 7) is 8.57. The molecule has 2 aliphatic rings. The molecule has 2 amide bonds. The Bertz CT molecular complexity index is 1200. The average Bonchev–Trinajstić information content (AvgIpc) is 2.97. The third-order valence-corrected chi connectivity index (χ3v) is 6.16. The predicted octanol–water partition coefficient (Wildman–Crippen LogP) is 9.51. The van der Waals surface area contributed by atoms with E-state index < -0.39 is 59.6 Å². The van der Waals surface area contributed by atoms with Gasteiger partial charge in [-0.1, -0.05) is 45.9 Å². The predicted molar refractivity (Wildman–Crippen MR) is 144 cm³/mol. The van der Waals surface area contributed by atoms with E-state index in [0.29, 0.717) is 25.1 Å². The number of benzene rings is 2. The topological polar surface area (TPSA) is 59.1 Å². The molecular formula is C29H35F9N2O4. The molecule has 4 rings (SSSR count). The lowest BCUT2D eigenvalue weighted by molar-refractivity contribution is -0.143. The third-order valence-electron chi connectivity index (χ3n) is 6.16. The summed E-state index contributed by atoms with van der Waals surface area (Å²) in [4.78, 5) is 25.3. The van der Waals surface area contributed by atoms with Gasteiger partial charge in [0.15, 0.2) is 0 Å². The number of hydrogen-bond acceptors (Lipinski definition) is 4. The fourth-order valence-electron chi connectivity index (χ4n) is 4.00. The molecule has 15 heteroatoms. The van der Waals surface area contributed by atoms with Gasteiger partial charge in [0.25, 0.3) is 0 Å². The first kappa shape index (κ1) is 38.4. The highest BCUT2D eigenvalue weighted by atomic mass is 19.4. The maximum atomic E-state index is 12.8. The Hall–Kier alpha value is -3.65. The lowest BCUT2D eigenvalue weighted by atomic mass is 9.98. The molecule has 248 valence electrons. The van der Waals surface area contributed by atoms with E-state index in [1.54, 1.807) is 7.05 Å². The Morgan fingerprint density at radius 3 is 1.45 bits per heavy atom. The van der Waals surface area contributed by atoms with E-state index >= 15 is 0 Å². The molecule has 0 aliphatic carbocycles. The summed E-state index contributed by atoms with van der Waals surface area (Å²) in [6, 6.07) is 6.39. The van der Waals surface area contributed by atoms with Crippen LogP contribution in [0.1, 0.15) is 80.6 Å². The summed E-state index contributed by atoms with van der Waals surface area (Å²) in [5.74, 6) is 0. The summed E-state index contributed by atoms with van der Waals surface area (Å²) in [6.07, 6.45) is -17.2. The maximum Gasteiger partial charge on any atom is 0.416 e. The molecule has 0 saturated carbocycles. The number of rotatable bonds is 2. The number of halogens is 9. The molecule has 2 aromatic carbocycles. The highest BCUT2D eigenvalue weighted by molar-refractivity contribution is 5.69. The van der Waals surface area contributed by atoms with Crippen molar-refractivity contribution in [1.29, 1.82) is 0 Å². The summed E-state index contributed by atoms with van der Waals surface area (Å²) in [5.41, 5.74) is -3.89. The van der Waals surface area contributed by atoms with Crippen molar-refractivity contribution in [3.63, 3.8) is 0 Å². The lowest BCUT2D eigenvalue weighted by Gasteiger charge is -2.30. The van der Waals surface area contributed by atoms with Gasteiger partial charge in [0.2, 0.25) is 0 Å². The maximum absolute atomic E-state index is 12.8. The number of cyclic esters (lactones) is 2. The van der Waals surface area contributed by atoms with Crippen LogP contribution >= 0.6 is 0 Å². The molecule has 0 spiro atoms. The van der Waals surface area contributed by atoms with Crippen LogP contribution in [0, 0.1) is 0 Å². The Kier molecular flexibility index (Phi) is 13.9. The fraction of sp³-hybridized carbons (Fsp3) is 0.517. The van der Waals surface area contributed by atoms with Gasteiger partial charge < -0.3 is 19.3 Å². The molecule has 6 nitrogen and oxygen atoms in total. The van der Waals surface area contributed by atoms with E-state index in [1.807, 2.05) is 27.7 Å². The molecule has 0 aromatic heterocycles. The van der Waals surface area contributed by atoms with E-state index in [-0.39, 0.29) is 30.2 Å². The number of ether oxygens (including phenoxy) is 2.